The molecule has 2 heterocycles. The van der Waals surface area contributed by atoms with Gasteiger partial charge in [-0.25, -0.2) is 4.98 Å². The van der Waals surface area contributed by atoms with Crippen LogP contribution in [-0.2, 0) is 6.54 Å². The average molecular weight is 336 g/mol. The van der Waals surface area contributed by atoms with Crippen molar-refractivity contribution in [2.24, 2.45) is 4.99 Å². The highest BCUT2D eigenvalue weighted by molar-refractivity contribution is 7.11. The van der Waals surface area contributed by atoms with Gasteiger partial charge < -0.3 is 10.6 Å². The maximum atomic E-state index is 4.58. The Balaban J connectivity index is 1.46. The molecule has 2 aliphatic rings. The Morgan fingerprint density at radius 2 is 2.09 bits per heavy atom. The molecule has 6 heteroatoms. The van der Waals surface area contributed by atoms with E-state index in [4.69, 9.17) is 0 Å². The minimum absolute atomic E-state index is 0.515. The number of aliphatic imine (C=N–C) groups is 1. The molecule has 128 valence electrons. The first-order chi connectivity index (χ1) is 11.2. The van der Waals surface area contributed by atoms with Gasteiger partial charge in [-0.05, 0) is 33.1 Å². The summed E-state index contributed by atoms with van der Waals surface area (Å²) in [7, 11) is 1.84. The van der Waals surface area contributed by atoms with Crippen LogP contribution in [0.4, 0.5) is 0 Å². The number of hydrogen-bond donors (Lipinski definition) is 2. The fourth-order valence-corrected chi connectivity index (χ4v) is 4.54. The first kappa shape index (κ1) is 16.7. The van der Waals surface area contributed by atoms with Crippen LogP contribution in [0.25, 0.3) is 0 Å². The van der Waals surface area contributed by atoms with Gasteiger partial charge in [0.15, 0.2) is 5.96 Å². The van der Waals surface area contributed by atoms with Gasteiger partial charge in [0, 0.05) is 37.1 Å². The van der Waals surface area contributed by atoms with E-state index in [1.807, 2.05) is 7.05 Å². The third-order valence-corrected chi connectivity index (χ3v) is 6.18. The molecule has 0 radical (unpaired) electrons. The van der Waals surface area contributed by atoms with Crippen molar-refractivity contribution >= 4 is 17.3 Å². The lowest BCUT2D eigenvalue weighted by Crippen LogP contribution is -2.45. The van der Waals surface area contributed by atoms with Crippen molar-refractivity contribution < 1.29 is 0 Å². The average Bonchev–Trinajstić information content (AvgIpc) is 3.26. The van der Waals surface area contributed by atoms with Crippen molar-refractivity contribution in [2.75, 3.05) is 20.1 Å². The molecule has 1 aliphatic carbocycles. The zero-order chi connectivity index (χ0) is 16.2. The highest BCUT2D eigenvalue weighted by atomic mass is 32.1. The lowest BCUT2D eigenvalue weighted by Gasteiger charge is -2.24. The molecule has 3 rings (SSSR count). The topological polar surface area (TPSA) is 52.6 Å². The normalized spacial score (nSPS) is 23.6. The Hall–Kier alpha value is -1.14. The van der Waals surface area contributed by atoms with Crippen LogP contribution in [-0.4, -0.2) is 48.1 Å². The molecule has 2 fully saturated rings. The van der Waals surface area contributed by atoms with E-state index in [1.54, 1.807) is 11.3 Å². The Kier molecular flexibility index (Phi) is 5.54. The number of guanidine groups is 1. The molecule has 0 bridgehead atoms. The molecule has 0 spiro atoms. The van der Waals surface area contributed by atoms with Crippen LogP contribution in [0.15, 0.2) is 4.99 Å². The van der Waals surface area contributed by atoms with Gasteiger partial charge in [-0.2, -0.15) is 0 Å². The SMILES string of the molecule is CN=C(NCc1nc(C)c(C)s1)NC1CCN(C2CCCC2)C1. The monoisotopic (exact) mass is 335 g/mol. The van der Waals surface area contributed by atoms with E-state index in [1.165, 1.54) is 43.5 Å². The van der Waals surface area contributed by atoms with E-state index in [0.717, 1.165) is 35.8 Å². The van der Waals surface area contributed by atoms with Crippen LogP contribution < -0.4 is 10.6 Å². The van der Waals surface area contributed by atoms with E-state index in [2.05, 4.69) is 39.4 Å². The van der Waals surface area contributed by atoms with Gasteiger partial charge >= 0.3 is 0 Å². The number of nitrogens with zero attached hydrogens (tertiary/aromatic N) is 3. The first-order valence-electron chi connectivity index (χ1n) is 8.80. The number of nitrogens with one attached hydrogen (secondary N) is 2. The summed E-state index contributed by atoms with van der Waals surface area (Å²) in [6.07, 6.45) is 6.82. The van der Waals surface area contributed by atoms with Crippen LogP contribution in [0.5, 0.6) is 0 Å². The fourth-order valence-electron chi connectivity index (χ4n) is 3.67. The molecule has 1 saturated carbocycles. The summed E-state index contributed by atoms with van der Waals surface area (Å²) < 4.78 is 0. The van der Waals surface area contributed by atoms with E-state index in [9.17, 15) is 0 Å². The van der Waals surface area contributed by atoms with Crippen LogP contribution in [0.3, 0.4) is 0 Å². The van der Waals surface area contributed by atoms with Gasteiger partial charge in [0.2, 0.25) is 0 Å². The Morgan fingerprint density at radius 1 is 1.30 bits per heavy atom. The minimum atomic E-state index is 0.515. The number of aryl methyl sites for hydroxylation is 2. The van der Waals surface area contributed by atoms with Crippen LogP contribution in [0.2, 0.25) is 0 Å². The van der Waals surface area contributed by atoms with Crippen molar-refractivity contribution in [3.63, 3.8) is 0 Å². The van der Waals surface area contributed by atoms with E-state index < -0.39 is 0 Å². The predicted octanol–water partition coefficient (Wildman–Crippen LogP) is 2.44. The molecular formula is C17H29N5S. The van der Waals surface area contributed by atoms with Crippen molar-refractivity contribution in [2.45, 2.75) is 64.6 Å². The highest BCUT2D eigenvalue weighted by Crippen LogP contribution is 2.26. The van der Waals surface area contributed by atoms with Gasteiger partial charge in [0.1, 0.15) is 5.01 Å². The summed E-state index contributed by atoms with van der Waals surface area (Å²) in [6, 6.07) is 1.35. The minimum Gasteiger partial charge on any atom is -0.352 e. The van der Waals surface area contributed by atoms with Crippen LogP contribution >= 0.6 is 11.3 Å². The molecule has 1 aliphatic heterocycles. The van der Waals surface area contributed by atoms with E-state index >= 15 is 0 Å². The largest absolute Gasteiger partial charge is 0.352 e. The van der Waals surface area contributed by atoms with Crippen molar-refractivity contribution in [3.8, 4) is 0 Å². The third kappa shape index (κ3) is 4.23. The summed E-state index contributed by atoms with van der Waals surface area (Å²) in [5.74, 6) is 0.897. The molecule has 1 saturated heterocycles. The summed E-state index contributed by atoms with van der Waals surface area (Å²) in [5, 5.41) is 8.12. The summed E-state index contributed by atoms with van der Waals surface area (Å²) in [6.45, 7) is 7.32. The molecule has 2 N–H and O–H groups in total. The molecule has 1 aromatic rings. The zero-order valence-electron chi connectivity index (χ0n) is 14.6. The molecule has 23 heavy (non-hydrogen) atoms. The fraction of sp³-hybridized carbons (Fsp3) is 0.765. The van der Waals surface area contributed by atoms with Crippen LogP contribution in [0, 0.1) is 13.8 Å². The Morgan fingerprint density at radius 3 is 2.74 bits per heavy atom. The highest BCUT2D eigenvalue weighted by Gasteiger charge is 2.30. The first-order valence-corrected chi connectivity index (χ1v) is 9.61. The molecule has 0 amide bonds. The second-order valence-electron chi connectivity index (χ2n) is 6.74. The maximum absolute atomic E-state index is 4.58. The van der Waals surface area contributed by atoms with Gasteiger partial charge in [-0.15, -0.1) is 11.3 Å². The molecule has 0 aromatic carbocycles. The van der Waals surface area contributed by atoms with E-state index in [-0.39, 0.29) is 0 Å². The van der Waals surface area contributed by atoms with Crippen molar-refractivity contribution in [1.29, 1.82) is 0 Å². The molecule has 1 aromatic heterocycles. The number of likely N-dealkylation sites (tertiary alicyclic amines) is 1. The van der Waals surface area contributed by atoms with Gasteiger partial charge in [0.25, 0.3) is 0 Å². The lowest BCUT2D eigenvalue weighted by molar-refractivity contribution is 0.242. The second kappa shape index (κ2) is 7.62. The van der Waals surface area contributed by atoms with Crippen molar-refractivity contribution in [3.05, 3.63) is 15.6 Å². The summed E-state index contributed by atoms with van der Waals surface area (Å²) in [5.41, 5.74) is 1.14. The molecule has 1 atom stereocenters. The van der Waals surface area contributed by atoms with Gasteiger partial charge in [-0.1, -0.05) is 12.8 Å². The standard InChI is InChI=1S/C17H29N5S/c1-12-13(2)23-16(20-12)10-19-17(18-3)21-14-8-9-22(11-14)15-6-4-5-7-15/h14-15H,4-11H2,1-3H3,(H2,18,19,21). The third-order valence-electron chi connectivity index (χ3n) is 5.11. The van der Waals surface area contributed by atoms with Gasteiger partial charge in [0.05, 0.1) is 12.2 Å². The lowest BCUT2D eigenvalue weighted by atomic mass is 10.2. The smallest absolute Gasteiger partial charge is 0.191 e. The molecular weight excluding hydrogens is 306 g/mol. The Labute approximate surface area is 143 Å². The summed E-state index contributed by atoms with van der Waals surface area (Å²) in [4.78, 5) is 12.9. The second-order valence-corrected chi connectivity index (χ2v) is 8.03. The van der Waals surface area contributed by atoms with Gasteiger partial charge in [-0.3, -0.25) is 9.89 Å². The van der Waals surface area contributed by atoms with Crippen molar-refractivity contribution in [1.82, 2.24) is 20.5 Å². The predicted molar refractivity (Wildman–Crippen MR) is 97.2 cm³/mol. The zero-order valence-corrected chi connectivity index (χ0v) is 15.4. The Bertz CT molecular complexity index is 528. The molecule has 1 unspecified atom stereocenters. The number of aromatic nitrogens is 1. The quantitative estimate of drug-likeness (QED) is 0.655. The number of rotatable bonds is 4. The van der Waals surface area contributed by atoms with Crippen LogP contribution in [0.1, 0.15) is 47.7 Å². The maximum Gasteiger partial charge on any atom is 0.191 e. The number of hydrogen-bond acceptors (Lipinski definition) is 4. The number of thiazole rings is 1. The molecule has 5 nitrogen and oxygen atoms in total. The summed E-state index contributed by atoms with van der Waals surface area (Å²) >= 11 is 1.76. The van der Waals surface area contributed by atoms with E-state index in [0.29, 0.717) is 6.04 Å².